The van der Waals surface area contributed by atoms with E-state index in [0.717, 1.165) is 56.2 Å². The molecule has 0 fully saturated rings. The summed E-state index contributed by atoms with van der Waals surface area (Å²) < 4.78 is 18.9. The minimum absolute atomic E-state index is 0.228. The third-order valence-electron chi connectivity index (χ3n) is 5.91. The maximum Gasteiger partial charge on any atom is 0.231 e. The number of nitrogens with zero attached hydrogens (tertiary/aromatic N) is 3. The molecule has 3 aliphatic rings. The number of methoxy groups -OCH3 is 1. The van der Waals surface area contributed by atoms with Crippen LogP contribution in [-0.4, -0.2) is 28.7 Å². The summed E-state index contributed by atoms with van der Waals surface area (Å²) in [7, 11) is 1.68. The molecular weight excluding hydrogens is 402 g/mol. The van der Waals surface area contributed by atoms with Crippen molar-refractivity contribution < 1.29 is 14.2 Å². The molecule has 6 heteroatoms. The number of pyridine rings is 1. The summed E-state index contributed by atoms with van der Waals surface area (Å²) in [5, 5.41) is 10.1. The molecule has 32 heavy (non-hydrogen) atoms. The molecule has 0 saturated carbocycles. The molecule has 0 amide bonds. The van der Waals surface area contributed by atoms with Crippen molar-refractivity contribution >= 4 is 10.9 Å². The Kier molecular flexibility index (Phi) is 4.24. The molecule has 3 heterocycles. The van der Waals surface area contributed by atoms with Crippen molar-refractivity contribution in [3.05, 3.63) is 78.0 Å². The van der Waals surface area contributed by atoms with Gasteiger partial charge in [0.15, 0.2) is 11.5 Å². The van der Waals surface area contributed by atoms with Crippen LogP contribution < -0.4 is 14.2 Å². The highest BCUT2D eigenvalue weighted by molar-refractivity contribution is 5.99. The monoisotopic (exact) mass is 423 g/mol. The summed E-state index contributed by atoms with van der Waals surface area (Å²) in [5.74, 6) is 2.32. The highest BCUT2D eigenvalue weighted by Gasteiger charge is 2.24. The molecule has 0 saturated heterocycles. The van der Waals surface area contributed by atoms with E-state index in [9.17, 15) is 0 Å². The molecule has 3 aromatic rings. The quantitative estimate of drug-likeness (QED) is 0.393. The zero-order chi connectivity index (χ0) is 21.7. The molecule has 158 valence electrons. The molecule has 0 aliphatic carbocycles. The van der Waals surface area contributed by atoms with Gasteiger partial charge in [0.1, 0.15) is 17.1 Å². The van der Waals surface area contributed by atoms with E-state index in [1.807, 2.05) is 24.3 Å². The van der Waals surface area contributed by atoms with E-state index in [4.69, 9.17) is 14.2 Å². The minimum atomic E-state index is 0.228. The average molecular weight is 423 g/mol. The number of rotatable bonds is 4. The van der Waals surface area contributed by atoms with Crippen molar-refractivity contribution in [3.63, 3.8) is 0 Å². The Morgan fingerprint density at radius 2 is 1.72 bits per heavy atom. The van der Waals surface area contributed by atoms with Crippen LogP contribution in [0.4, 0.5) is 0 Å². The Bertz CT molecular complexity index is 1420. The molecule has 0 spiro atoms. The molecule has 6 rings (SSSR count). The first-order valence-electron chi connectivity index (χ1n) is 10.5. The summed E-state index contributed by atoms with van der Waals surface area (Å²) in [6.07, 6.45) is 2.13. The predicted molar refractivity (Wildman–Crippen MR) is 123 cm³/mol. The van der Waals surface area contributed by atoms with Gasteiger partial charge >= 0.3 is 0 Å². The molecule has 0 N–H and O–H groups in total. The molecule has 0 bridgehead atoms. The number of benzene rings is 3. The third kappa shape index (κ3) is 3.03. The maximum absolute atomic E-state index is 5.65. The fourth-order valence-electron chi connectivity index (χ4n) is 4.25. The first kappa shape index (κ1) is 18.7. The average Bonchev–Trinajstić information content (AvgIpc) is 3.45. The summed E-state index contributed by atoms with van der Waals surface area (Å²) >= 11 is 0. The zero-order valence-electron chi connectivity index (χ0n) is 17.8. The van der Waals surface area contributed by atoms with E-state index in [1.54, 1.807) is 7.11 Å². The second-order valence-electron chi connectivity index (χ2n) is 8.01. The van der Waals surface area contributed by atoms with Gasteiger partial charge in [-0.25, -0.2) is 0 Å². The Morgan fingerprint density at radius 3 is 2.53 bits per heavy atom. The van der Waals surface area contributed by atoms with Crippen molar-refractivity contribution in [1.82, 2.24) is 14.8 Å². The summed E-state index contributed by atoms with van der Waals surface area (Å²) in [6.45, 7) is 2.98. The lowest BCUT2D eigenvalue weighted by molar-refractivity contribution is 0.174. The Morgan fingerprint density at radius 1 is 0.938 bits per heavy atom. The first-order valence-corrected chi connectivity index (χ1v) is 10.5. The fraction of sp³-hybridized carbons (Fsp3) is 0.154. The molecule has 0 unspecified atom stereocenters. The molecule has 3 aromatic carbocycles. The lowest BCUT2D eigenvalue weighted by atomic mass is 10.0. The van der Waals surface area contributed by atoms with Gasteiger partial charge in [-0.2, -0.15) is 0 Å². The smallest absolute Gasteiger partial charge is 0.231 e. The van der Waals surface area contributed by atoms with Crippen LogP contribution in [0.5, 0.6) is 17.2 Å². The van der Waals surface area contributed by atoms with Gasteiger partial charge in [-0.05, 0) is 30.7 Å². The first-order chi connectivity index (χ1) is 15.7. The molecule has 6 nitrogen and oxygen atoms in total. The van der Waals surface area contributed by atoms with Gasteiger partial charge in [0.2, 0.25) is 6.79 Å². The Labute approximate surface area is 185 Å². The van der Waals surface area contributed by atoms with Gasteiger partial charge in [0.05, 0.1) is 12.6 Å². The van der Waals surface area contributed by atoms with Gasteiger partial charge in [-0.1, -0.05) is 42.0 Å². The van der Waals surface area contributed by atoms with Crippen molar-refractivity contribution in [3.8, 4) is 39.8 Å². The molecule has 0 atom stereocenters. The number of aromatic nitrogens is 3. The van der Waals surface area contributed by atoms with Crippen LogP contribution in [0.1, 0.15) is 11.1 Å². The van der Waals surface area contributed by atoms with E-state index < -0.39 is 0 Å². The number of ether oxygens (including phenoxy) is 3. The van der Waals surface area contributed by atoms with Crippen LogP contribution in [0.25, 0.3) is 33.4 Å². The zero-order valence-corrected chi connectivity index (χ0v) is 17.8. The molecule has 3 aliphatic heterocycles. The van der Waals surface area contributed by atoms with Crippen LogP contribution in [0.15, 0.2) is 66.9 Å². The lowest BCUT2D eigenvalue weighted by Gasteiger charge is -2.16. The summed E-state index contributed by atoms with van der Waals surface area (Å²) in [4.78, 5) is 0. The van der Waals surface area contributed by atoms with Crippen molar-refractivity contribution in [2.24, 2.45) is 0 Å². The second-order valence-corrected chi connectivity index (χ2v) is 8.01. The van der Waals surface area contributed by atoms with E-state index in [0.29, 0.717) is 6.54 Å². The predicted octanol–water partition coefficient (Wildman–Crippen LogP) is 5.30. The number of hydrogen-bond donors (Lipinski definition) is 0. The van der Waals surface area contributed by atoms with Crippen molar-refractivity contribution in [2.45, 2.75) is 13.5 Å². The van der Waals surface area contributed by atoms with Crippen molar-refractivity contribution in [2.75, 3.05) is 13.9 Å². The van der Waals surface area contributed by atoms with Gasteiger partial charge in [-0.15, -0.1) is 10.2 Å². The fourth-order valence-corrected chi connectivity index (χ4v) is 4.25. The minimum Gasteiger partial charge on any atom is -0.497 e. The van der Waals surface area contributed by atoms with Gasteiger partial charge in [-0.3, -0.25) is 0 Å². The normalized spacial score (nSPS) is 12.6. The summed E-state index contributed by atoms with van der Waals surface area (Å²) in [6, 6.07) is 20.5. The Hall–Kier alpha value is -4.06. The van der Waals surface area contributed by atoms with Crippen LogP contribution in [0.3, 0.4) is 0 Å². The maximum atomic E-state index is 5.65. The third-order valence-corrected chi connectivity index (χ3v) is 5.91. The number of hydrogen-bond acceptors (Lipinski definition) is 5. The Balaban J connectivity index is 1.58. The molecule has 0 aromatic heterocycles. The van der Waals surface area contributed by atoms with Crippen molar-refractivity contribution in [1.29, 1.82) is 0 Å². The van der Waals surface area contributed by atoms with E-state index in [2.05, 4.69) is 64.3 Å². The number of fused-ring (bicyclic) bond motifs is 4. The van der Waals surface area contributed by atoms with Crippen LogP contribution in [-0.2, 0) is 6.54 Å². The van der Waals surface area contributed by atoms with Gasteiger partial charge in [0, 0.05) is 35.3 Å². The van der Waals surface area contributed by atoms with E-state index in [-0.39, 0.29) is 6.79 Å². The van der Waals surface area contributed by atoms with Crippen LogP contribution in [0, 0.1) is 6.92 Å². The summed E-state index contributed by atoms with van der Waals surface area (Å²) in [5.41, 5.74) is 7.14. The van der Waals surface area contributed by atoms with E-state index >= 15 is 0 Å². The standard InChI is InChI=1S/C26H21N3O3/c1-16-6-8-18(9-7-16)25-21-14-29(13-17-4-3-5-19(10-17)30-2)22-12-24-23(31-15-32-24)11-20(22)26(21)28-27-25/h3-12,14H,13,15H2,1-2H3. The lowest BCUT2D eigenvalue weighted by Crippen LogP contribution is -2.04. The van der Waals surface area contributed by atoms with Crippen LogP contribution in [0.2, 0.25) is 0 Å². The van der Waals surface area contributed by atoms with E-state index in [1.165, 1.54) is 5.56 Å². The molecular formula is C26H21N3O3. The second kappa shape index (κ2) is 7.27. The van der Waals surface area contributed by atoms with Gasteiger partial charge < -0.3 is 18.8 Å². The molecule has 0 radical (unpaired) electrons. The highest BCUT2D eigenvalue weighted by Crippen LogP contribution is 2.42. The van der Waals surface area contributed by atoms with Crippen LogP contribution >= 0.6 is 0 Å². The number of aryl methyl sites for hydroxylation is 1. The van der Waals surface area contributed by atoms with Gasteiger partial charge in [0.25, 0.3) is 0 Å². The topological polar surface area (TPSA) is 58.4 Å². The highest BCUT2D eigenvalue weighted by atomic mass is 16.7. The SMILES string of the molecule is COc1cccc(Cn2cc3c(-c4ccc(C)cc4)nnc-3c3cc4c(cc32)OCO4)c1. The largest absolute Gasteiger partial charge is 0.497 e.